The first kappa shape index (κ1) is 15.3. The number of benzene rings is 1. The first-order valence-electron chi connectivity index (χ1n) is 5.66. The number of thioether (sulfide) groups is 1. The van der Waals surface area contributed by atoms with Crippen molar-refractivity contribution in [2.24, 2.45) is 0 Å². The molecule has 1 aromatic rings. The van der Waals surface area contributed by atoms with Crippen LogP contribution in [0.5, 0.6) is 0 Å². The second kappa shape index (κ2) is 5.95. The molecule has 0 heterocycles. The zero-order valence-electron chi connectivity index (χ0n) is 11.5. The van der Waals surface area contributed by atoms with Crippen molar-refractivity contribution in [3.05, 3.63) is 18.2 Å². The number of sulfonamides is 1. The van der Waals surface area contributed by atoms with Crippen LogP contribution in [0.2, 0.25) is 0 Å². The van der Waals surface area contributed by atoms with Gasteiger partial charge in [0.2, 0.25) is 10.0 Å². The molecule has 0 bridgehead atoms. The molecule has 0 aliphatic carbocycles. The van der Waals surface area contributed by atoms with Gasteiger partial charge in [0.1, 0.15) is 0 Å². The fourth-order valence-electron chi connectivity index (χ4n) is 1.51. The Morgan fingerprint density at radius 1 is 1.22 bits per heavy atom. The van der Waals surface area contributed by atoms with E-state index in [0.29, 0.717) is 4.90 Å². The summed E-state index contributed by atoms with van der Waals surface area (Å²) in [6, 6.07) is 5.27. The molecule has 0 radical (unpaired) electrons. The normalized spacial score (nSPS) is 11.9. The molecule has 0 amide bonds. The van der Waals surface area contributed by atoms with Crippen LogP contribution in [0.3, 0.4) is 0 Å². The highest BCUT2D eigenvalue weighted by molar-refractivity contribution is 7.98. The van der Waals surface area contributed by atoms with Crippen LogP contribution in [0.1, 0.15) is 6.92 Å². The third-order valence-corrected chi connectivity index (χ3v) is 5.41. The quantitative estimate of drug-likeness (QED) is 0.778. The Kier molecular flexibility index (Phi) is 5.07. The van der Waals surface area contributed by atoms with Gasteiger partial charge in [-0.25, -0.2) is 12.7 Å². The van der Waals surface area contributed by atoms with Gasteiger partial charge in [-0.3, -0.25) is 0 Å². The Hall–Kier alpha value is -0.720. The van der Waals surface area contributed by atoms with Gasteiger partial charge in [-0.1, -0.05) is 0 Å². The lowest BCUT2D eigenvalue weighted by atomic mass is 10.3. The topological polar surface area (TPSA) is 40.6 Å². The second-order valence-corrected chi connectivity index (χ2v) is 7.14. The summed E-state index contributed by atoms with van der Waals surface area (Å²) in [5.41, 5.74) is 0.952. The first-order valence-corrected chi connectivity index (χ1v) is 8.32. The summed E-state index contributed by atoms with van der Waals surface area (Å²) in [5, 5.41) is 0. The van der Waals surface area contributed by atoms with E-state index in [2.05, 4.69) is 0 Å². The smallest absolute Gasteiger partial charge is 0.242 e. The summed E-state index contributed by atoms with van der Waals surface area (Å²) in [6.07, 6.45) is 1.99. The maximum Gasteiger partial charge on any atom is 0.242 e. The highest BCUT2D eigenvalue weighted by Crippen LogP contribution is 2.31. The molecular formula is C12H20N2O2S2. The van der Waals surface area contributed by atoms with Crippen LogP contribution in [-0.4, -0.2) is 46.7 Å². The Morgan fingerprint density at radius 2 is 1.83 bits per heavy atom. The lowest BCUT2D eigenvalue weighted by molar-refractivity contribution is 0.520. The van der Waals surface area contributed by atoms with Crippen LogP contribution in [0, 0.1) is 0 Å². The molecule has 18 heavy (non-hydrogen) atoms. The van der Waals surface area contributed by atoms with Gasteiger partial charge in [-0.2, -0.15) is 0 Å². The zero-order valence-corrected chi connectivity index (χ0v) is 13.1. The van der Waals surface area contributed by atoms with Gasteiger partial charge >= 0.3 is 0 Å². The fraction of sp³-hybridized carbons (Fsp3) is 0.500. The van der Waals surface area contributed by atoms with Gasteiger partial charge in [-0.05, 0) is 31.4 Å². The summed E-state index contributed by atoms with van der Waals surface area (Å²) in [6.45, 7) is 2.87. The number of hydrogen-bond acceptors (Lipinski definition) is 4. The third kappa shape index (κ3) is 2.99. The van der Waals surface area contributed by atoms with Crippen molar-refractivity contribution in [1.29, 1.82) is 0 Å². The van der Waals surface area contributed by atoms with Gasteiger partial charge in [0.05, 0.1) is 10.6 Å². The zero-order chi connectivity index (χ0) is 13.9. The Balaban J connectivity index is 3.36. The minimum atomic E-state index is -3.37. The van der Waals surface area contributed by atoms with Crippen molar-refractivity contribution in [3.8, 4) is 0 Å². The summed E-state index contributed by atoms with van der Waals surface area (Å²) in [4.78, 5) is 3.46. The maximum absolute atomic E-state index is 12.1. The number of nitrogens with zero attached hydrogens (tertiary/aromatic N) is 2. The second-order valence-electron chi connectivity index (χ2n) is 4.14. The molecule has 0 aromatic heterocycles. The Bertz CT molecular complexity index is 513. The highest BCUT2D eigenvalue weighted by Gasteiger charge is 2.19. The summed E-state index contributed by atoms with van der Waals surface area (Å²) >= 11 is 1.62. The van der Waals surface area contributed by atoms with E-state index in [9.17, 15) is 8.42 Å². The molecule has 0 saturated heterocycles. The largest absolute Gasteiger partial charge is 0.374 e. The standard InChI is InChI=1S/C12H20N2O2S2/c1-6-14(4)11-9-10(7-8-12(11)17-5)18(15,16)13(2)3/h7-9H,6H2,1-5H3. The van der Waals surface area contributed by atoms with E-state index >= 15 is 0 Å². The van der Waals surface area contributed by atoms with Crippen molar-refractivity contribution < 1.29 is 8.42 Å². The lowest BCUT2D eigenvalue weighted by Crippen LogP contribution is -2.23. The van der Waals surface area contributed by atoms with E-state index in [1.165, 1.54) is 4.31 Å². The predicted octanol–water partition coefficient (Wildman–Crippen LogP) is 2.11. The van der Waals surface area contributed by atoms with Crippen LogP contribution in [0.25, 0.3) is 0 Å². The molecule has 0 fully saturated rings. The van der Waals surface area contributed by atoms with Crippen molar-refractivity contribution in [3.63, 3.8) is 0 Å². The minimum absolute atomic E-state index is 0.334. The summed E-state index contributed by atoms with van der Waals surface area (Å²) < 4.78 is 25.4. The van der Waals surface area contributed by atoms with Gasteiger partial charge in [0, 0.05) is 32.6 Å². The van der Waals surface area contributed by atoms with E-state index in [4.69, 9.17) is 0 Å². The number of rotatable bonds is 5. The average molecular weight is 288 g/mol. The molecule has 6 heteroatoms. The van der Waals surface area contributed by atoms with Crippen molar-refractivity contribution in [2.45, 2.75) is 16.7 Å². The van der Waals surface area contributed by atoms with Crippen LogP contribution in [0.4, 0.5) is 5.69 Å². The van der Waals surface area contributed by atoms with Gasteiger partial charge in [0.25, 0.3) is 0 Å². The minimum Gasteiger partial charge on any atom is -0.374 e. The Labute approximate surface area is 114 Å². The molecule has 1 rings (SSSR count). The average Bonchev–Trinajstić information content (AvgIpc) is 2.36. The summed E-state index contributed by atoms with van der Waals surface area (Å²) in [7, 11) is 1.68. The summed E-state index contributed by atoms with van der Waals surface area (Å²) in [5.74, 6) is 0. The molecule has 4 nitrogen and oxygen atoms in total. The molecule has 0 saturated carbocycles. The maximum atomic E-state index is 12.1. The van der Waals surface area contributed by atoms with Crippen molar-refractivity contribution >= 4 is 27.5 Å². The molecule has 1 aromatic carbocycles. The van der Waals surface area contributed by atoms with E-state index in [0.717, 1.165) is 17.1 Å². The lowest BCUT2D eigenvalue weighted by Gasteiger charge is -2.21. The molecule has 0 N–H and O–H groups in total. The monoisotopic (exact) mass is 288 g/mol. The van der Waals surface area contributed by atoms with E-state index in [1.807, 2.05) is 31.2 Å². The molecule has 0 aliphatic heterocycles. The fourth-order valence-corrected chi connectivity index (χ4v) is 3.06. The molecular weight excluding hydrogens is 268 g/mol. The number of anilines is 1. The van der Waals surface area contributed by atoms with Crippen LogP contribution < -0.4 is 4.90 Å². The van der Waals surface area contributed by atoms with Crippen molar-refractivity contribution in [1.82, 2.24) is 4.31 Å². The first-order chi connectivity index (χ1) is 8.34. The predicted molar refractivity (Wildman–Crippen MR) is 78.0 cm³/mol. The molecule has 0 atom stereocenters. The van der Waals surface area contributed by atoms with Gasteiger partial charge in [-0.15, -0.1) is 11.8 Å². The highest BCUT2D eigenvalue weighted by atomic mass is 32.2. The molecule has 0 spiro atoms. The SMILES string of the molecule is CCN(C)c1cc(S(=O)(=O)N(C)C)ccc1SC. The third-order valence-electron chi connectivity index (χ3n) is 2.81. The number of hydrogen-bond donors (Lipinski definition) is 0. The molecule has 102 valence electrons. The van der Waals surface area contributed by atoms with E-state index in [1.54, 1.807) is 38.0 Å². The van der Waals surface area contributed by atoms with Gasteiger partial charge in [0.15, 0.2) is 0 Å². The van der Waals surface area contributed by atoms with Crippen molar-refractivity contribution in [2.75, 3.05) is 38.8 Å². The van der Waals surface area contributed by atoms with Crippen LogP contribution in [0.15, 0.2) is 28.0 Å². The van der Waals surface area contributed by atoms with Gasteiger partial charge < -0.3 is 4.90 Å². The van der Waals surface area contributed by atoms with E-state index < -0.39 is 10.0 Å². The molecule has 0 unspecified atom stereocenters. The van der Waals surface area contributed by atoms with Crippen LogP contribution >= 0.6 is 11.8 Å². The molecule has 0 aliphatic rings. The van der Waals surface area contributed by atoms with Crippen LogP contribution in [-0.2, 0) is 10.0 Å². The Morgan fingerprint density at radius 3 is 2.28 bits per heavy atom. The van der Waals surface area contributed by atoms with E-state index in [-0.39, 0.29) is 0 Å².